The Bertz CT molecular complexity index is 817. The SMILES string of the molecule is C=CCN(C(=O)C1N([C@@H](CC)CO)C(=O)[C@@H]2[C@@H](C(=O)OCC)[C@@H]3SC12CC3Br)C1CCCCC1. The largest absolute Gasteiger partial charge is 0.466 e. The van der Waals surface area contributed by atoms with Crippen LogP contribution in [0.2, 0.25) is 0 Å². The Morgan fingerprint density at radius 3 is 2.65 bits per heavy atom. The number of halogens is 1. The number of amides is 2. The van der Waals surface area contributed by atoms with Gasteiger partial charge < -0.3 is 19.6 Å². The molecule has 3 aliphatic heterocycles. The van der Waals surface area contributed by atoms with Crippen LogP contribution >= 0.6 is 27.7 Å². The summed E-state index contributed by atoms with van der Waals surface area (Å²) in [5.74, 6) is -1.80. The van der Waals surface area contributed by atoms with E-state index in [0.29, 0.717) is 19.4 Å². The Kier molecular flexibility index (Phi) is 8.04. The molecule has 3 saturated heterocycles. The predicted molar refractivity (Wildman–Crippen MR) is 136 cm³/mol. The second-order valence-corrected chi connectivity index (χ2v) is 12.7. The van der Waals surface area contributed by atoms with Crippen molar-refractivity contribution in [3.05, 3.63) is 12.7 Å². The molecule has 7 atom stereocenters. The summed E-state index contributed by atoms with van der Waals surface area (Å²) in [7, 11) is 0. The second kappa shape index (κ2) is 10.5. The fourth-order valence-corrected chi connectivity index (χ4v) is 10.4. The first-order valence-electron chi connectivity index (χ1n) is 12.7. The number of aliphatic hydroxyl groups excluding tert-OH is 1. The predicted octanol–water partition coefficient (Wildman–Crippen LogP) is 3.13. The molecule has 4 aliphatic rings. The Morgan fingerprint density at radius 1 is 1.35 bits per heavy atom. The molecule has 1 N–H and O–H groups in total. The number of hydrogen-bond acceptors (Lipinski definition) is 6. The van der Waals surface area contributed by atoms with Crippen molar-refractivity contribution < 1.29 is 24.2 Å². The van der Waals surface area contributed by atoms with Gasteiger partial charge in [-0.25, -0.2) is 0 Å². The topological polar surface area (TPSA) is 87.2 Å². The van der Waals surface area contributed by atoms with Gasteiger partial charge in [0.2, 0.25) is 11.8 Å². The van der Waals surface area contributed by atoms with Crippen LogP contribution in [0.1, 0.15) is 58.8 Å². The Morgan fingerprint density at radius 2 is 2.06 bits per heavy atom. The van der Waals surface area contributed by atoms with Crippen LogP contribution in [0.15, 0.2) is 12.7 Å². The number of esters is 1. The number of carbonyl (C=O) groups excluding carboxylic acids is 3. The van der Waals surface area contributed by atoms with E-state index in [1.807, 2.05) is 11.8 Å². The van der Waals surface area contributed by atoms with Gasteiger partial charge in [0.1, 0.15) is 6.04 Å². The van der Waals surface area contributed by atoms with E-state index in [2.05, 4.69) is 22.5 Å². The van der Waals surface area contributed by atoms with Gasteiger partial charge >= 0.3 is 5.97 Å². The Hall–Kier alpha value is -1.06. The van der Waals surface area contributed by atoms with E-state index < -0.39 is 28.7 Å². The van der Waals surface area contributed by atoms with Crippen LogP contribution in [0.5, 0.6) is 0 Å². The first-order valence-corrected chi connectivity index (χ1v) is 14.5. The third kappa shape index (κ3) is 4.03. The maximum absolute atomic E-state index is 14.4. The number of ether oxygens (including phenoxy) is 1. The maximum Gasteiger partial charge on any atom is 0.310 e. The van der Waals surface area contributed by atoms with Gasteiger partial charge in [0.05, 0.1) is 35.8 Å². The summed E-state index contributed by atoms with van der Waals surface area (Å²) in [5, 5.41) is 10.1. The van der Waals surface area contributed by atoms with Gasteiger partial charge in [0.15, 0.2) is 0 Å². The molecule has 1 spiro atoms. The molecule has 0 aromatic rings. The van der Waals surface area contributed by atoms with E-state index in [9.17, 15) is 19.5 Å². The lowest BCUT2D eigenvalue weighted by atomic mass is 9.71. The molecular formula is C25H37BrN2O5S. The molecule has 0 aromatic heterocycles. The molecule has 34 heavy (non-hydrogen) atoms. The van der Waals surface area contributed by atoms with E-state index in [1.54, 1.807) is 29.7 Å². The number of likely N-dealkylation sites (tertiary alicyclic amines) is 1. The zero-order valence-electron chi connectivity index (χ0n) is 20.2. The van der Waals surface area contributed by atoms with Gasteiger partial charge in [-0.3, -0.25) is 14.4 Å². The van der Waals surface area contributed by atoms with Crippen LogP contribution < -0.4 is 0 Å². The fraction of sp³-hybridized carbons (Fsp3) is 0.800. The van der Waals surface area contributed by atoms with Crippen molar-refractivity contribution >= 4 is 45.5 Å². The Balaban J connectivity index is 1.78. The number of rotatable bonds is 9. The molecule has 3 unspecified atom stereocenters. The highest BCUT2D eigenvalue weighted by molar-refractivity contribution is 9.09. The third-order valence-corrected chi connectivity index (χ3v) is 11.4. The number of nitrogens with zero attached hydrogens (tertiary/aromatic N) is 2. The zero-order chi connectivity index (χ0) is 24.6. The molecule has 7 nitrogen and oxygen atoms in total. The molecule has 2 bridgehead atoms. The van der Waals surface area contributed by atoms with E-state index in [0.717, 1.165) is 25.7 Å². The highest BCUT2D eigenvalue weighted by atomic mass is 79.9. The van der Waals surface area contributed by atoms with Crippen LogP contribution in [0, 0.1) is 11.8 Å². The molecule has 4 fully saturated rings. The van der Waals surface area contributed by atoms with Crippen molar-refractivity contribution in [2.75, 3.05) is 19.8 Å². The monoisotopic (exact) mass is 556 g/mol. The smallest absolute Gasteiger partial charge is 0.310 e. The quantitative estimate of drug-likeness (QED) is 0.266. The van der Waals surface area contributed by atoms with E-state index in [1.165, 1.54) is 6.42 Å². The standard InChI is InChI=1S/C25H37BrN2O5S/c1-4-12-27(16-10-8-7-9-11-16)23(31)21-25-13-17(26)20(34-25)18(24(32)33-6-3)19(25)22(30)28(21)15(5-2)14-29/h4,15-21,29H,1,5-14H2,2-3H3/t15-,17?,18+,19-,20+,21?,25?/m0/s1. The number of fused-ring (bicyclic) bond motifs is 1. The average molecular weight is 558 g/mol. The van der Waals surface area contributed by atoms with Crippen LogP contribution in [0.25, 0.3) is 0 Å². The van der Waals surface area contributed by atoms with Crippen LogP contribution in [0.4, 0.5) is 0 Å². The van der Waals surface area contributed by atoms with Crippen molar-refractivity contribution in [2.45, 2.75) is 91.7 Å². The molecule has 3 heterocycles. The van der Waals surface area contributed by atoms with Gasteiger partial charge in [-0.1, -0.05) is 48.2 Å². The zero-order valence-corrected chi connectivity index (χ0v) is 22.6. The Labute approximate surface area is 215 Å². The molecule has 0 aromatic carbocycles. The normalized spacial score (nSPS) is 35.8. The highest BCUT2D eigenvalue weighted by Gasteiger charge is 2.76. The van der Waals surface area contributed by atoms with Crippen LogP contribution in [-0.4, -0.2) is 85.4 Å². The summed E-state index contributed by atoms with van der Waals surface area (Å²) in [6.07, 6.45) is 8.20. The molecular weight excluding hydrogens is 520 g/mol. The van der Waals surface area contributed by atoms with Gasteiger partial charge in [-0.15, -0.1) is 18.3 Å². The fourth-order valence-electron chi connectivity index (χ4n) is 6.77. The first-order chi connectivity index (χ1) is 16.4. The number of carbonyl (C=O) groups is 3. The summed E-state index contributed by atoms with van der Waals surface area (Å²) in [4.78, 5) is 45.1. The summed E-state index contributed by atoms with van der Waals surface area (Å²) in [6.45, 7) is 8.06. The molecule has 4 rings (SSSR count). The minimum absolute atomic E-state index is 0.0166. The highest BCUT2D eigenvalue weighted by Crippen LogP contribution is 2.68. The number of hydrogen-bond donors (Lipinski definition) is 1. The second-order valence-electron chi connectivity index (χ2n) is 9.98. The lowest BCUT2D eigenvalue weighted by Crippen LogP contribution is -2.59. The third-order valence-electron chi connectivity index (χ3n) is 8.22. The van der Waals surface area contributed by atoms with Gasteiger partial charge in [-0.2, -0.15) is 0 Å². The van der Waals surface area contributed by atoms with E-state index in [-0.39, 0.29) is 47.1 Å². The minimum atomic E-state index is -0.710. The van der Waals surface area contributed by atoms with Crippen molar-refractivity contribution in [3.63, 3.8) is 0 Å². The van der Waals surface area contributed by atoms with E-state index in [4.69, 9.17) is 4.74 Å². The summed E-state index contributed by atoms with van der Waals surface area (Å²) >= 11 is 5.39. The molecule has 190 valence electrons. The first kappa shape index (κ1) is 26.0. The van der Waals surface area contributed by atoms with Crippen molar-refractivity contribution in [2.24, 2.45) is 11.8 Å². The van der Waals surface area contributed by atoms with Crippen molar-refractivity contribution in [1.82, 2.24) is 9.80 Å². The van der Waals surface area contributed by atoms with E-state index >= 15 is 0 Å². The molecule has 1 aliphatic carbocycles. The average Bonchev–Trinajstić information content (AvgIpc) is 3.42. The van der Waals surface area contributed by atoms with Crippen molar-refractivity contribution in [3.8, 4) is 0 Å². The molecule has 1 saturated carbocycles. The lowest BCUT2D eigenvalue weighted by molar-refractivity contribution is -0.154. The lowest BCUT2D eigenvalue weighted by Gasteiger charge is -2.42. The number of thioether (sulfide) groups is 1. The summed E-state index contributed by atoms with van der Waals surface area (Å²) in [5.41, 5.74) is 0. The summed E-state index contributed by atoms with van der Waals surface area (Å²) in [6, 6.07) is -1.04. The van der Waals surface area contributed by atoms with Gasteiger partial charge in [0.25, 0.3) is 0 Å². The molecule has 2 amide bonds. The van der Waals surface area contributed by atoms with Gasteiger partial charge in [-0.05, 0) is 32.6 Å². The van der Waals surface area contributed by atoms with Crippen LogP contribution in [0.3, 0.4) is 0 Å². The maximum atomic E-state index is 14.4. The molecule has 0 radical (unpaired) electrons. The minimum Gasteiger partial charge on any atom is -0.466 e. The van der Waals surface area contributed by atoms with Crippen LogP contribution in [-0.2, 0) is 19.1 Å². The van der Waals surface area contributed by atoms with Gasteiger partial charge in [0, 0.05) is 22.7 Å². The summed E-state index contributed by atoms with van der Waals surface area (Å²) < 4.78 is 4.70. The number of alkyl halides is 1. The van der Waals surface area contributed by atoms with Crippen molar-refractivity contribution in [1.29, 1.82) is 0 Å². The molecule has 9 heteroatoms. The number of aliphatic hydroxyl groups is 1.